The molecule has 23 heavy (non-hydrogen) atoms. The number of hydrogen-bond donors (Lipinski definition) is 2. The molecule has 2 amide bonds. The summed E-state index contributed by atoms with van der Waals surface area (Å²) in [5.41, 5.74) is 0.683. The number of rotatable bonds is 4. The monoisotopic (exact) mass is 394 g/mol. The first kappa shape index (κ1) is 17.2. The number of nitrogens with one attached hydrogen (secondary N) is 2. The molecule has 7 heteroatoms. The summed E-state index contributed by atoms with van der Waals surface area (Å²) in [5, 5.41) is 5.31. The van der Waals surface area contributed by atoms with Gasteiger partial charge in [0.1, 0.15) is 0 Å². The number of benzene rings is 2. The summed E-state index contributed by atoms with van der Waals surface area (Å²) < 4.78 is 0.612. The molecule has 0 spiro atoms. The summed E-state index contributed by atoms with van der Waals surface area (Å²) in [6, 6.07) is 11.3. The molecular weight excluding hydrogens is 384 g/mol. The van der Waals surface area contributed by atoms with Crippen LogP contribution in [-0.4, -0.2) is 17.6 Å². The summed E-state index contributed by atoms with van der Waals surface area (Å²) in [7, 11) is 0. The molecule has 0 aromatic heterocycles. The van der Waals surface area contributed by atoms with Gasteiger partial charge >= 0.3 is 0 Å². The number of anilines is 2. The fourth-order valence-electron chi connectivity index (χ4n) is 1.87. The van der Waals surface area contributed by atoms with Crippen LogP contribution >= 0.6 is 27.5 Å². The van der Waals surface area contributed by atoms with E-state index < -0.39 is 11.7 Å². The van der Waals surface area contributed by atoms with Crippen molar-refractivity contribution < 1.29 is 14.4 Å². The third-order valence-corrected chi connectivity index (χ3v) is 3.69. The van der Waals surface area contributed by atoms with Crippen molar-refractivity contribution in [2.75, 3.05) is 10.6 Å². The molecule has 0 aliphatic rings. The number of halogens is 2. The van der Waals surface area contributed by atoms with Crippen molar-refractivity contribution in [3.8, 4) is 0 Å². The standard InChI is InChI=1S/C16H12BrClN2O3/c1-9(21)19-13-7-6-10(17)8-11(13)15(22)16(23)20-14-5-3-2-4-12(14)18/h2-8H,1H3,(H,19,21)(H,20,23). The highest BCUT2D eigenvalue weighted by Crippen LogP contribution is 2.24. The SMILES string of the molecule is CC(=O)Nc1ccc(Br)cc1C(=O)C(=O)Nc1ccccc1Cl. The van der Waals surface area contributed by atoms with Gasteiger partial charge < -0.3 is 10.6 Å². The molecule has 2 aromatic carbocycles. The number of ketones is 1. The normalized spacial score (nSPS) is 10.0. The highest BCUT2D eigenvalue weighted by molar-refractivity contribution is 9.10. The molecule has 0 atom stereocenters. The largest absolute Gasteiger partial charge is 0.326 e. The van der Waals surface area contributed by atoms with Gasteiger partial charge in [0.15, 0.2) is 0 Å². The molecule has 118 valence electrons. The highest BCUT2D eigenvalue weighted by atomic mass is 79.9. The summed E-state index contributed by atoms with van der Waals surface area (Å²) in [4.78, 5) is 35.8. The van der Waals surface area contributed by atoms with Crippen LogP contribution in [0.1, 0.15) is 17.3 Å². The van der Waals surface area contributed by atoms with Gasteiger partial charge in [-0.3, -0.25) is 14.4 Å². The molecule has 0 fully saturated rings. The van der Waals surface area contributed by atoms with E-state index in [1.807, 2.05) is 0 Å². The first-order valence-corrected chi connectivity index (χ1v) is 7.73. The lowest BCUT2D eigenvalue weighted by molar-refractivity contribution is -0.114. The minimum absolute atomic E-state index is 0.0825. The quantitative estimate of drug-likeness (QED) is 0.609. The van der Waals surface area contributed by atoms with Crippen molar-refractivity contribution in [3.05, 3.63) is 57.5 Å². The number of Topliss-reactive ketones (excluding diaryl/α,β-unsaturated/α-hetero) is 1. The molecule has 0 aliphatic heterocycles. The second kappa shape index (κ2) is 7.39. The van der Waals surface area contributed by atoms with Crippen molar-refractivity contribution in [2.45, 2.75) is 6.92 Å². The predicted molar refractivity (Wildman–Crippen MR) is 92.9 cm³/mol. The molecule has 0 aliphatic carbocycles. The topological polar surface area (TPSA) is 75.3 Å². The van der Waals surface area contributed by atoms with Crippen LogP contribution in [0.4, 0.5) is 11.4 Å². The van der Waals surface area contributed by atoms with Crippen LogP contribution in [0.2, 0.25) is 5.02 Å². The molecule has 0 saturated carbocycles. The number of carbonyl (C=O) groups excluding carboxylic acids is 3. The Labute approximate surface area is 146 Å². The minimum Gasteiger partial charge on any atom is -0.326 e. The number of hydrogen-bond acceptors (Lipinski definition) is 3. The Morgan fingerprint density at radius 1 is 1.00 bits per heavy atom. The van der Waals surface area contributed by atoms with E-state index in [0.29, 0.717) is 15.2 Å². The second-order valence-corrected chi connectivity index (χ2v) is 5.96. The molecule has 0 saturated heterocycles. The molecule has 2 aromatic rings. The van der Waals surface area contributed by atoms with Gasteiger partial charge in [0.25, 0.3) is 11.7 Å². The molecule has 0 radical (unpaired) electrons. The average molecular weight is 396 g/mol. The Kier molecular flexibility index (Phi) is 5.52. The van der Waals surface area contributed by atoms with Gasteiger partial charge in [0.05, 0.1) is 22.0 Å². The van der Waals surface area contributed by atoms with E-state index in [2.05, 4.69) is 26.6 Å². The average Bonchev–Trinajstić information content (AvgIpc) is 2.50. The van der Waals surface area contributed by atoms with Gasteiger partial charge in [-0.2, -0.15) is 0 Å². The molecule has 2 N–H and O–H groups in total. The van der Waals surface area contributed by atoms with Gasteiger partial charge in [-0.25, -0.2) is 0 Å². The smallest absolute Gasteiger partial charge is 0.296 e. The first-order valence-electron chi connectivity index (χ1n) is 6.56. The zero-order valence-corrected chi connectivity index (χ0v) is 14.4. The summed E-state index contributed by atoms with van der Waals surface area (Å²) in [6.45, 7) is 1.32. The molecule has 0 bridgehead atoms. The number of para-hydroxylation sites is 1. The lowest BCUT2D eigenvalue weighted by Crippen LogP contribution is -2.24. The van der Waals surface area contributed by atoms with Crippen LogP contribution < -0.4 is 10.6 Å². The molecular formula is C16H12BrClN2O3. The first-order chi connectivity index (χ1) is 10.9. The third kappa shape index (κ3) is 4.40. The Bertz CT molecular complexity index is 793. The molecule has 5 nitrogen and oxygen atoms in total. The maximum atomic E-state index is 12.4. The molecule has 0 unspecified atom stereocenters. The van der Waals surface area contributed by atoms with Gasteiger partial charge in [-0.05, 0) is 30.3 Å². The molecule has 0 heterocycles. The maximum absolute atomic E-state index is 12.4. The Morgan fingerprint density at radius 2 is 1.70 bits per heavy atom. The molecule has 2 rings (SSSR count). The predicted octanol–water partition coefficient (Wildman–Crippen LogP) is 3.88. The summed E-state index contributed by atoms with van der Waals surface area (Å²) in [6.07, 6.45) is 0. The van der Waals surface area contributed by atoms with E-state index >= 15 is 0 Å². The van der Waals surface area contributed by atoms with E-state index in [1.165, 1.54) is 13.0 Å². The van der Waals surface area contributed by atoms with E-state index in [0.717, 1.165) is 0 Å². The fraction of sp³-hybridized carbons (Fsp3) is 0.0625. The van der Waals surface area contributed by atoms with Gasteiger partial charge in [-0.15, -0.1) is 0 Å². The van der Waals surface area contributed by atoms with Crippen LogP contribution in [0.5, 0.6) is 0 Å². The lowest BCUT2D eigenvalue weighted by Gasteiger charge is -2.10. The Hall–Kier alpha value is -2.18. The van der Waals surface area contributed by atoms with Gasteiger partial charge in [0, 0.05) is 11.4 Å². The minimum atomic E-state index is -0.845. The Balaban J connectivity index is 2.29. The third-order valence-electron chi connectivity index (χ3n) is 2.87. The van der Waals surface area contributed by atoms with Crippen molar-refractivity contribution in [1.82, 2.24) is 0 Å². The van der Waals surface area contributed by atoms with Crippen molar-refractivity contribution in [1.29, 1.82) is 0 Å². The number of amides is 2. The van der Waals surface area contributed by atoms with Crippen molar-refractivity contribution >= 4 is 56.5 Å². The van der Waals surface area contributed by atoms with Crippen LogP contribution in [0.3, 0.4) is 0 Å². The van der Waals surface area contributed by atoms with Crippen LogP contribution in [0.15, 0.2) is 46.9 Å². The Morgan fingerprint density at radius 3 is 2.35 bits per heavy atom. The van der Waals surface area contributed by atoms with E-state index in [1.54, 1.807) is 36.4 Å². The second-order valence-electron chi connectivity index (χ2n) is 4.63. The fourth-order valence-corrected chi connectivity index (χ4v) is 2.41. The van der Waals surface area contributed by atoms with Crippen molar-refractivity contribution in [3.63, 3.8) is 0 Å². The highest BCUT2D eigenvalue weighted by Gasteiger charge is 2.21. The summed E-state index contributed by atoms with van der Waals surface area (Å²) >= 11 is 9.19. The van der Waals surface area contributed by atoms with Crippen LogP contribution in [0.25, 0.3) is 0 Å². The number of carbonyl (C=O) groups is 3. The van der Waals surface area contributed by atoms with Crippen molar-refractivity contribution in [2.24, 2.45) is 0 Å². The maximum Gasteiger partial charge on any atom is 0.296 e. The van der Waals surface area contributed by atoms with E-state index in [-0.39, 0.29) is 17.2 Å². The van der Waals surface area contributed by atoms with Gasteiger partial charge in [-0.1, -0.05) is 39.7 Å². The zero-order valence-electron chi connectivity index (χ0n) is 12.0. The summed E-state index contributed by atoms with van der Waals surface area (Å²) in [5.74, 6) is -1.97. The van der Waals surface area contributed by atoms with E-state index in [4.69, 9.17) is 11.6 Å². The van der Waals surface area contributed by atoms with E-state index in [9.17, 15) is 14.4 Å². The van der Waals surface area contributed by atoms with Gasteiger partial charge in [0.2, 0.25) is 5.91 Å². The van der Waals surface area contributed by atoms with Crippen LogP contribution in [-0.2, 0) is 9.59 Å². The van der Waals surface area contributed by atoms with Crippen LogP contribution in [0, 0.1) is 0 Å². The lowest BCUT2D eigenvalue weighted by atomic mass is 10.1. The zero-order chi connectivity index (χ0) is 17.0.